The minimum absolute atomic E-state index is 0.417. The quantitative estimate of drug-likeness (QED) is 0.801. The number of hydrogen-bond acceptors (Lipinski definition) is 2. The van der Waals surface area contributed by atoms with Crippen molar-refractivity contribution in [3.05, 3.63) is 50.6 Å². The summed E-state index contributed by atoms with van der Waals surface area (Å²) in [6.07, 6.45) is -3.54. The first kappa shape index (κ1) is 14.4. The minimum atomic E-state index is -4.33. The lowest BCUT2D eigenvalue weighted by Gasteiger charge is -2.11. The first-order valence-electron chi connectivity index (χ1n) is 5.58. The van der Waals surface area contributed by atoms with Crippen LogP contribution in [-0.4, -0.2) is 6.54 Å². The van der Waals surface area contributed by atoms with Crippen LogP contribution in [0.25, 0.3) is 0 Å². The van der Waals surface area contributed by atoms with E-state index in [-0.39, 0.29) is 0 Å². The lowest BCUT2D eigenvalue weighted by molar-refractivity contribution is -0.137. The van der Waals surface area contributed by atoms with E-state index in [1.165, 1.54) is 5.56 Å². The summed E-state index contributed by atoms with van der Waals surface area (Å²) in [5.74, 6) is 0. The highest BCUT2D eigenvalue weighted by Gasteiger charge is 2.31. The summed E-state index contributed by atoms with van der Waals surface area (Å²) in [5.41, 5.74) is 1.00. The van der Waals surface area contributed by atoms with Crippen LogP contribution >= 0.6 is 27.3 Å². The maximum atomic E-state index is 12.6. The number of alkyl halides is 3. The Morgan fingerprint density at radius 2 is 2.00 bits per heavy atom. The Morgan fingerprint density at radius 1 is 1.21 bits per heavy atom. The van der Waals surface area contributed by atoms with Crippen molar-refractivity contribution in [1.82, 2.24) is 0 Å². The fraction of sp³-hybridized carbons (Fsp3) is 0.231. The molecule has 102 valence electrons. The molecule has 0 radical (unpaired) electrons. The van der Waals surface area contributed by atoms with Gasteiger partial charge < -0.3 is 5.32 Å². The molecule has 2 rings (SSSR count). The maximum absolute atomic E-state index is 12.6. The lowest BCUT2D eigenvalue weighted by atomic mass is 10.2. The van der Waals surface area contributed by atoms with Crippen molar-refractivity contribution in [2.24, 2.45) is 0 Å². The highest BCUT2D eigenvalue weighted by molar-refractivity contribution is 9.10. The third kappa shape index (κ3) is 4.24. The van der Waals surface area contributed by atoms with Gasteiger partial charge in [-0.2, -0.15) is 24.5 Å². The normalized spacial score (nSPS) is 11.6. The second-order valence-electron chi connectivity index (χ2n) is 4.03. The van der Waals surface area contributed by atoms with Crippen LogP contribution in [0, 0.1) is 0 Å². The van der Waals surface area contributed by atoms with Gasteiger partial charge in [0, 0.05) is 16.7 Å². The van der Waals surface area contributed by atoms with E-state index in [2.05, 4.69) is 21.2 Å². The molecule has 0 aliphatic rings. The Kier molecular flexibility index (Phi) is 4.52. The number of halogens is 4. The van der Waals surface area contributed by atoms with E-state index in [0.29, 0.717) is 16.7 Å². The molecule has 0 fully saturated rings. The Labute approximate surface area is 121 Å². The van der Waals surface area contributed by atoms with Crippen molar-refractivity contribution in [2.45, 2.75) is 12.6 Å². The van der Waals surface area contributed by atoms with Crippen molar-refractivity contribution in [3.63, 3.8) is 0 Å². The molecule has 0 atom stereocenters. The summed E-state index contributed by atoms with van der Waals surface area (Å²) in [5, 5.41) is 7.02. The summed E-state index contributed by atoms with van der Waals surface area (Å²) in [4.78, 5) is 0. The van der Waals surface area contributed by atoms with Gasteiger partial charge >= 0.3 is 6.18 Å². The smallest absolute Gasteiger partial charge is 0.385 e. The molecule has 0 spiro atoms. The Hall–Kier alpha value is -1.01. The summed E-state index contributed by atoms with van der Waals surface area (Å²) in [7, 11) is 0. The fourth-order valence-corrected chi connectivity index (χ4v) is 2.84. The highest BCUT2D eigenvalue weighted by Crippen LogP contribution is 2.33. The van der Waals surface area contributed by atoms with Crippen LogP contribution in [0.2, 0.25) is 0 Å². The molecule has 1 aromatic heterocycles. The molecule has 0 bridgehead atoms. The molecular weight excluding hydrogens is 339 g/mol. The van der Waals surface area contributed by atoms with E-state index in [9.17, 15) is 13.2 Å². The summed E-state index contributed by atoms with van der Waals surface area (Å²) >= 11 is 4.71. The fourth-order valence-electron chi connectivity index (χ4n) is 1.64. The van der Waals surface area contributed by atoms with Crippen LogP contribution in [0.5, 0.6) is 0 Å². The van der Waals surface area contributed by atoms with E-state index in [0.717, 1.165) is 18.6 Å². The molecule has 1 aromatic carbocycles. The standard InChI is InChI=1S/C13H11BrF3NS/c14-11-5-10(13(15,16)17)6-12(7-11)18-3-1-9-2-4-19-8-9/h2,4-8,18H,1,3H2. The molecule has 0 unspecified atom stereocenters. The Bertz CT molecular complexity index is 537. The zero-order valence-corrected chi connectivity index (χ0v) is 12.2. The summed E-state index contributed by atoms with van der Waals surface area (Å²) in [6.45, 7) is 0.602. The molecule has 19 heavy (non-hydrogen) atoms. The van der Waals surface area contributed by atoms with Crippen LogP contribution in [0.1, 0.15) is 11.1 Å². The number of thiophene rings is 1. The van der Waals surface area contributed by atoms with Crippen molar-refractivity contribution >= 4 is 33.0 Å². The van der Waals surface area contributed by atoms with Gasteiger partial charge in [-0.1, -0.05) is 15.9 Å². The van der Waals surface area contributed by atoms with Gasteiger partial charge in [-0.3, -0.25) is 0 Å². The third-order valence-corrected chi connectivity index (χ3v) is 3.74. The first-order chi connectivity index (χ1) is 8.95. The van der Waals surface area contributed by atoms with Crippen LogP contribution in [0.3, 0.4) is 0 Å². The second kappa shape index (κ2) is 5.96. The minimum Gasteiger partial charge on any atom is -0.385 e. The highest BCUT2D eigenvalue weighted by atomic mass is 79.9. The predicted octanol–water partition coefficient (Wildman–Crippen LogP) is 5.18. The second-order valence-corrected chi connectivity index (χ2v) is 5.73. The average Bonchev–Trinajstić information content (AvgIpc) is 2.80. The number of nitrogens with one attached hydrogen (secondary N) is 1. The number of rotatable bonds is 4. The van der Waals surface area contributed by atoms with Gasteiger partial charge in [-0.15, -0.1) is 0 Å². The maximum Gasteiger partial charge on any atom is 0.416 e. The zero-order valence-electron chi connectivity index (χ0n) is 9.80. The van der Waals surface area contributed by atoms with E-state index in [4.69, 9.17) is 0 Å². The van der Waals surface area contributed by atoms with E-state index in [1.54, 1.807) is 17.4 Å². The molecule has 0 aliphatic carbocycles. The van der Waals surface area contributed by atoms with Crippen molar-refractivity contribution in [1.29, 1.82) is 0 Å². The molecule has 1 N–H and O–H groups in total. The molecule has 0 saturated heterocycles. The Balaban J connectivity index is 2.02. The van der Waals surface area contributed by atoms with Crippen LogP contribution < -0.4 is 5.32 Å². The molecule has 1 nitrogen and oxygen atoms in total. The molecule has 2 aromatic rings. The van der Waals surface area contributed by atoms with Gasteiger partial charge in [-0.05, 0) is 47.0 Å². The van der Waals surface area contributed by atoms with Crippen LogP contribution in [0.4, 0.5) is 18.9 Å². The van der Waals surface area contributed by atoms with E-state index < -0.39 is 11.7 Å². The van der Waals surface area contributed by atoms with Gasteiger partial charge in [0.25, 0.3) is 0 Å². The monoisotopic (exact) mass is 349 g/mol. The van der Waals surface area contributed by atoms with E-state index in [1.807, 2.05) is 16.8 Å². The summed E-state index contributed by atoms with van der Waals surface area (Å²) in [6, 6.07) is 5.85. The Morgan fingerprint density at radius 3 is 2.63 bits per heavy atom. The SMILES string of the molecule is FC(F)(F)c1cc(Br)cc(NCCc2ccsc2)c1. The number of hydrogen-bond donors (Lipinski definition) is 1. The molecule has 0 amide bonds. The lowest BCUT2D eigenvalue weighted by Crippen LogP contribution is -2.08. The number of benzene rings is 1. The first-order valence-corrected chi connectivity index (χ1v) is 7.31. The van der Waals surface area contributed by atoms with Gasteiger partial charge in [0.2, 0.25) is 0 Å². The van der Waals surface area contributed by atoms with Gasteiger partial charge in [0.1, 0.15) is 0 Å². The van der Waals surface area contributed by atoms with Gasteiger partial charge in [-0.25, -0.2) is 0 Å². The molecule has 6 heteroatoms. The molecular formula is C13H11BrF3NS. The van der Waals surface area contributed by atoms with Crippen molar-refractivity contribution < 1.29 is 13.2 Å². The summed E-state index contributed by atoms with van der Waals surface area (Å²) < 4.78 is 38.4. The van der Waals surface area contributed by atoms with Gasteiger partial charge in [0.05, 0.1) is 5.56 Å². The topological polar surface area (TPSA) is 12.0 Å². The largest absolute Gasteiger partial charge is 0.416 e. The van der Waals surface area contributed by atoms with Crippen molar-refractivity contribution in [3.8, 4) is 0 Å². The molecule has 0 aliphatic heterocycles. The van der Waals surface area contributed by atoms with Gasteiger partial charge in [0.15, 0.2) is 0 Å². The number of anilines is 1. The van der Waals surface area contributed by atoms with Crippen LogP contribution in [-0.2, 0) is 12.6 Å². The average molecular weight is 350 g/mol. The zero-order chi connectivity index (χ0) is 13.9. The molecule has 1 heterocycles. The van der Waals surface area contributed by atoms with Crippen LogP contribution in [0.15, 0.2) is 39.5 Å². The molecule has 0 saturated carbocycles. The predicted molar refractivity (Wildman–Crippen MR) is 75.7 cm³/mol. The van der Waals surface area contributed by atoms with E-state index >= 15 is 0 Å². The third-order valence-electron chi connectivity index (χ3n) is 2.55. The van der Waals surface area contributed by atoms with Crippen molar-refractivity contribution in [2.75, 3.05) is 11.9 Å².